The Morgan fingerprint density at radius 2 is 1.57 bits per heavy atom. The van der Waals surface area contributed by atoms with Crippen LogP contribution in [0.25, 0.3) is 21.7 Å². The Morgan fingerprint density at radius 1 is 0.893 bits per heavy atom. The first kappa shape index (κ1) is 18.5. The van der Waals surface area contributed by atoms with Gasteiger partial charge in [-0.25, -0.2) is 9.37 Å². The van der Waals surface area contributed by atoms with E-state index < -0.39 is 0 Å². The van der Waals surface area contributed by atoms with Crippen LogP contribution in [0.1, 0.15) is 10.4 Å². The molecule has 0 radical (unpaired) electrons. The summed E-state index contributed by atoms with van der Waals surface area (Å²) in [5, 5.41) is 3.36. The fraction of sp³-hybridized carbons (Fsp3) is 0. The van der Waals surface area contributed by atoms with E-state index in [2.05, 4.69) is 26.2 Å². The number of anilines is 1. The topological polar surface area (TPSA) is 42.0 Å². The molecule has 3 aromatic carbocycles. The average Bonchev–Trinajstić information content (AvgIpc) is 3.13. The van der Waals surface area contributed by atoms with Gasteiger partial charge in [0.25, 0.3) is 5.91 Å². The van der Waals surface area contributed by atoms with Crippen LogP contribution < -0.4 is 5.32 Å². The fourth-order valence-corrected chi connectivity index (χ4v) is 4.22. The summed E-state index contributed by atoms with van der Waals surface area (Å²) in [5.74, 6) is -0.547. The first-order valence-corrected chi connectivity index (χ1v) is 10.1. The molecule has 0 aliphatic rings. The summed E-state index contributed by atoms with van der Waals surface area (Å²) in [6.45, 7) is 0. The zero-order chi connectivity index (χ0) is 19.5. The third-order valence-corrected chi connectivity index (χ3v) is 5.83. The molecule has 0 atom stereocenters. The molecule has 1 amide bonds. The Kier molecular flexibility index (Phi) is 5.32. The van der Waals surface area contributed by atoms with Crippen LogP contribution in [0.2, 0.25) is 0 Å². The lowest BCUT2D eigenvalue weighted by Gasteiger charge is -2.03. The minimum atomic E-state index is -0.303. The monoisotopic (exact) mass is 452 g/mol. The second kappa shape index (κ2) is 8.04. The van der Waals surface area contributed by atoms with Crippen molar-refractivity contribution < 1.29 is 9.18 Å². The van der Waals surface area contributed by atoms with Crippen LogP contribution in [-0.4, -0.2) is 10.9 Å². The first-order chi connectivity index (χ1) is 13.6. The normalized spacial score (nSPS) is 10.6. The zero-order valence-electron chi connectivity index (χ0n) is 14.5. The van der Waals surface area contributed by atoms with Gasteiger partial charge in [-0.1, -0.05) is 53.8 Å². The maximum Gasteiger partial charge on any atom is 0.258 e. The Labute approximate surface area is 174 Å². The van der Waals surface area contributed by atoms with Crippen molar-refractivity contribution in [3.8, 4) is 21.7 Å². The molecule has 0 spiro atoms. The molecule has 0 aliphatic carbocycles. The predicted octanol–water partition coefficient (Wildman–Crippen LogP) is 6.63. The Hall–Kier alpha value is -2.83. The van der Waals surface area contributed by atoms with Gasteiger partial charge in [-0.15, -0.1) is 0 Å². The molecule has 3 nitrogen and oxygen atoms in total. The minimum Gasteiger partial charge on any atom is -0.298 e. The van der Waals surface area contributed by atoms with Gasteiger partial charge in [-0.3, -0.25) is 10.1 Å². The average molecular weight is 453 g/mol. The van der Waals surface area contributed by atoms with Gasteiger partial charge >= 0.3 is 0 Å². The smallest absolute Gasteiger partial charge is 0.258 e. The maximum atomic E-state index is 13.3. The number of nitrogens with zero attached hydrogens (tertiary/aromatic N) is 1. The van der Waals surface area contributed by atoms with Crippen LogP contribution in [0.5, 0.6) is 0 Å². The predicted molar refractivity (Wildman–Crippen MR) is 115 cm³/mol. The van der Waals surface area contributed by atoms with E-state index in [-0.39, 0.29) is 11.7 Å². The van der Waals surface area contributed by atoms with E-state index in [4.69, 9.17) is 0 Å². The van der Waals surface area contributed by atoms with Gasteiger partial charge in [0, 0.05) is 10.0 Å². The van der Waals surface area contributed by atoms with Crippen molar-refractivity contribution in [2.45, 2.75) is 0 Å². The molecule has 0 bridgehead atoms. The highest BCUT2D eigenvalue weighted by atomic mass is 79.9. The second-order valence-electron chi connectivity index (χ2n) is 6.00. The molecule has 138 valence electrons. The quantitative estimate of drug-likeness (QED) is 0.377. The number of nitrogens with one attached hydrogen (secondary N) is 1. The number of carbonyl (C=O) groups excluding carboxylic acids is 1. The zero-order valence-corrected chi connectivity index (χ0v) is 16.9. The molecule has 0 unspecified atom stereocenters. The van der Waals surface area contributed by atoms with E-state index in [0.29, 0.717) is 20.9 Å². The molecule has 0 saturated carbocycles. The lowest BCUT2D eigenvalue weighted by atomic mass is 10.1. The van der Waals surface area contributed by atoms with Crippen molar-refractivity contribution in [2.75, 3.05) is 5.32 Å². The molecule has 4 aromatic rings. The van der Waals surface area contributed by atoms with Crippen molar-refractivity contribution in [3.63, 3.8) is 0 Å². The molecule has 1 N–H and O–H groups in total. The highest BCUT2D eigenvalue weighted by Crippen LogP contribution is 2.39. The Morgan fingerprint density at radius 3 is 2.29 bits per heavy atom. The SMILES string of the molecule is O=C(Nc1nc(-c2ccc(F)cc2)c(-c2ccccc2)s1)c1ccccc1Br. The van der Waals surface area contributed by atoms with Gasteiger partial charge in [-0.2, -0.15) is 0 Å². The summed E-state index contributed by atoms with van der Waals surface area (Å²) in [6.07, 6.45) is 0. The molecule has 6 heteroatoms. The number of thiazole rings is 1. The number of rotatable bonds is 4. The van der Waals surface area contributed by atoms with Gasteiger partial charge < -0.3 is 0 Å². The highest BCUT2D eigenvalue weighted by molar-refractivity contribution is 9.10. The van der Waals surface area contributed by atoms with Crippen LogP contribution in [0.15, 0.2) is 83.3 Å². The molecule has 28 heavy (non-hydrogen) atoms. The third kappa shape index (κ3) is 3.88. The summed E-state index contributed by atoms with van der Waals surface area (Å²) in [7, 11) is 0. The summed E-state index contributed by atoms with van der Waals surface area (Å²) in [5.41, 5.74) is 3.01. The summed E-state index contributed by atoms with van der Waals surface area (Å²) in [6, 6.07) is 23.2. The van der Waals surface area contributed by atoms with Crippen molar-refractivity contribution in [3.05, 3.63) is 94.7 Å². The van der Waals surface area contributed by atoms with Gasteiger partial charge in [0.2, 0.25) is 0 Å². The lowest BCUT2D eigenvalue weighted by molar-refractivity contribution is 0.102. The summed E-state index contributed by atoms with van der Waals surface area (Å²) >= 11 is 4.79. The Bertz CT molecular complexity index is 1130. The molecular formula is C22H14BrFN2OS. The van der Waals surface area contributed by atoms with Gasteiger partial charge in [0.05, 0.1) is 16.1 Å². The summed E-state index contributed by atoms with van der Waals surface area (Å²) in [4.78, 5) is 18.2. The Balaban J connectivity index is 1.74. The van der Waals surface area contributed by atoms with E-state index in [1.54, 1.807) is 24.3 Å². The van der Waals surface area contributed by atoms with Crippen molar-refractivity contribution in [1.82, 2.24) is 4.98 Å². The van der Waals surface area contributed by atoms with E-state index in [1.807, 2.05) is 42.5 Å². The largest absolute Gasteiger partial charge is 0.298 e. The highest BCUT2D eigenvalue weighted by Gasteiger charge is 2.18. The van der Waals surface area contributed by atoms with Crippen molar-refractivity contribution >= 4 is 38.3 Å². The van der Waals surface area contributed by atoms with E-state index in [1.165, 1.54) is 23.5 Å². The van der Waals surface area contributed by atoms with Crippen LogP contribution >= 0.6 is 27.3 Å². The fourth-order valence-electron chi connectivity index (χ4n) is 2.77. The van der Waals surface area contributed by atoms with Gasteiger partial charge in [0.15, 0.2) is 5.13 Å². The molecule has 0 aliphatic heterocycles. The number of hydrogen-bond acceptors (Lipinski definition) is 3. The summed E-state index contributed by atoms with van der Waals surface area (Å²) < 4.78 is 14.1. The second-order valence-corrected chi connectivity index (χ2v) is 7.86. The number of aromatic nitrogens is 1. The number of amides is 1. The van der Waals surface area contributed by atoms with Crippen LogP contribution in [-0.2, 0) is 0 Å². The van der Waals surface area contributed by atoms with E-state index >= 15 is 0 Å². The third-order valence-electron chi connectivity index (χ3n) is 4.12. The molecule has 4 rings (SSSR count). The molecule has 1 aromatic heterocycles. The molecule has 0 saturated heterocycles. The molecule has 1 heterocycles. The minimum absolute atomic E-state index is 0.244. The van der Waals surface area contributed by atoms with Crippen molar-refractivity contribution in [2.24, 2.45) is 0 Å². The van der Waals surface area contributed by atoms with Gasteiger partial charge in [-0.05, 0) is 57.9 Å². The van der Waals surface area contributed by atoms with Crippen LogP contribution in [0.4, 0.5) is 9.52 Å². The molecular weight excluding hydrogens is 439 g/mol. The molecule has 0 fully saturated rings. The standard InChI is InChI=1S/C22H14BrFN2OS/c23-18-9-5-4-8-17(18)21(27)26-22-25-19(14-10-12-16(24)13-11-14)20(28-22)15-6-2-1-3-7-15/h1-13H,(H,25,26,27). The van der Waals surface area contributed by atoms with E-state index in [0.717, 1.165) is 16.0 Å². The van der Waals surface area contributed by atoms with Gasteiger partial charge in [0.1, 0.15) is 5.82 Å². The number of carbonyl (C=O) groups is 1. The van der Waals surface area contributed by atoms with E-state index in [9.17, 15) is 9.18 Å². The van der Waals surface area contributed by atoms with Crippen molar-refractivity contribution in [1.29, 1.82) is 0 Å². The number of benzene rings is 3. The maximum absolute atomic E-state index is 13.3. The number of hydrogen-bond donors (Lipinski definition) is 1. The first-order valence-electron chi connectivity index (χ1n) is 8.50. The lowest BCUT2D eigenvalue weighted by Crippen LogP contribution is -2.12. The number of halogens is 2. The van der Waals surface area contributed by atoms with Crippen LogP contribution in [0, 0.1) is 5.82 Å². The van der Waals surface area contributed by atoms with Crippen LogP contribution in [0.3, 0.4) is 0 Å².